The number of aryl methyl sites for hydroxylation is 1. The minimum Gasteiger partial charge on any atom is -0.493 e. The molecule has 0 aliphatic carbocycles. The van der Waals surface area contributed by atoms with Crippen LogP contribution in [0.1, 0.15) is 21.6 Å². The van der Waals surface area contributed by atoms with Crippen LogP contribution in [0.5, 0.6) is 11.5 Å². The minimum absolute atomic E-state index is 0.254. The van der Waals surface area contributed by atoms with E-state index in [1.54, 1.807) is 13.2 Å². The summed E-state index contributed by atoms with van der Waals surface area (Å²) >= 11 is 1.47. The van der Waals surface area contributed by atoms with Crippen molar-refractivity contribution in [2.45, 2.75) is 13.5 Å². The number of carbonyl (C=O) groups is 1. The van der Waals surface area contributed by atoms with Crippen LogP contribution in [0.3, 0.4) is 0 Å². The van der Waals surface area contributed by atoms with Crippen molar-refractivity contribution in [1.82, 2.24) is 0 Å². The van der Waals surface area contributed by atoms with Gasteiger partial charge in [0, 0.05) is 0 Å². The quantitative estimate of drug-likeness (QED) is 0.428. The Morgan fingerprint density at radius 3 is 2.72 bits per heavy atom. The highest BCUT2D eigenvalue weighted by Gasteiger charge is 2.24. The van der Waals surface area contributed by atoms with Crippen molar-refractivity contribution in [3.63, 3.8) is 0 Å². The maximum absolute atomic E-state index is 12.1. The summed E-state index contributed by atoms with van der Waals surface area (Å²) in [5, 5.41) is 1.91. The van der Waals surface area contributed by atoms with E-state index in [-0.39, 0.29) is 5.70 Å². The summed E-state index contributed by atoms with van der Waals surface area (Å²) in [4.78, 5) is 17.3. The van der Waals surface area contributed by atoms with Gasteiger partial charge in [-0.2, -0.15) is 0 Å². The number of cyclic esters (lactones) is 1. The third-order valence-corrected chi connectivity index (χ3v) is 5.35. The van der Waals surface area contributed by atoms with Gasteiger partial charge in [-0.3, -0.25) is 0 Å². The van der Waals surface area contributed by atoms with Crippen LogP contribution in [0, 0.1) is 6.92 Å². The molecule has 0 bridgehead atoms. The standard InChI is InChI=1S/C23H19NO4S/c1-15-6-3-4-7-17(15)14-27-19-10-9-16(13-20(19)26-2)12-18-23(25)28-22(24-18)21-8-5-11-29-21/h3-13H,14H2,1-2H3. The van der Waals surface area contributed by atoms with E-state index in [0.29, 0.717) is 24.0 Å². The fourth-order valence-corrected chi connectivity index (χ4v) is 3.54. The molecule has 3 aromatic rings. The van der Waals surface area contributed by atoms with E-state index in [0.717, 1.165) is 16.0 Å². The lowest BCUT2D eigenvalue weighted by molar-refractivity contribution is -0.129. The molecule has 2 heterocycles. The van der Waals surface area contributed by atoms with Crippen molar-refractivity contribution in [3.05, 3.63) is 87.2 Å². The van der Waals surface area contributed by atoms with Crippen molar-refractivity contribution in [1.29, 1.82) is 0 Å². The summed E-state index contributed by atoms with van der Waals surface area (Å²) < 4.78 is 16.7. The molecule has 0 radical (unpaired) electrons. The molecule has 0 amide bonds. The first-order valence-electron chi connectivity index (χ1n) is 9.06. The second kappa shape index (κ2) is 8.32. The van der Waals surface area contributed by atoms with Crippen LogP contribution in [0.15, 0.2) is 70.7 Å². The maximum atomic E-state index is 12.1. The van der Waals surface area contributed by atoms with Crippen LogP contribution in [0.4, 0.5) is 0 Å². The van der Waals surface area contributed by atoms with Crippen LogP contribution in [-0.2, 0) is 16.1 Å². The summed E-state index contributed by atoms with van der Waals surface area (Å²) in [5.41, 5.74) is 3.31. The number of nitrogens with zero attached hydrogens (tertiary/aromatic N) is 1. The van der Waals surface area contributed by atoms with Gasteiger partial charge >= 0.3 is 5.97 Å². The zero-order valence-electron chi connectivity index (χ0n) is 16.0. The Morgan fingerprint density at radius 2 is 1.97 bits per heavy atom. The van der Waals surface area contributed by atoms with Gasteiger partial charge in [-0.25, -0.2) is 9.79 Å². The Balaban J connectivity index is 1.54. The lowest BCUT2D eigenvalue weighted by Crippen LogP contribution is -2.03. The summed E-state index contributed by atoms with van der Waals surface area (Å²) in [7, 11) is 1.59. The molecule has 0 atom stereocenters. The van der Waals surface area contributed by atoms with E-state index in [9.17, 15) is 4.79 Å². The average molecular weight is 405 g/mol. The molecule has 5 nitrogen and oxygen atoms in total. The number of methoxy groups -OCH3 is 1. The molecule has 6 heteroatoms. The molecule has 146 valence electrons. The fourth-order valence-electron chi connectivity index (χ4n) is 2.89. The molecule has 0 spiro atoms. The third kappa shape index (κ3) is 4.22. The summed E-state index contributed by atoms with van der Waals surface area (Å²) in [6.45, 7) is 2.50. The molecule has 0 N–H and O–H groups in total. The first-order chi connectivity index (χ1) is 14.1. The van der Waals surface area contributed by atoms with E-state index in [2.05, 4.69) is 18.0 Å². The number of hydrogen-bond donors (Lipinski definition) is 0. The molecule has 4 rings (SSSR count). The van der Waals surface area contributed by atoms with Gasteiger partial charge in [-0.15, -0.1) is 11.3 Å². The number of hydrogen-bond acceptors (Lipinski definition) is 6. The van der Waals surface area contributed by atoms with E-state index in [4.69, 9.17) is 14.2 Å². The van der Waals surface area contributed by atoms with E-state index >= 15 is 0 Å². The smallest absolute Gasteiger partial charge is 0.363 e. The predicted molar refractivity (Wildman–Crippen MR) is 113 cm³/mol. The monoisotopic (exact) mass is 405 g/mol. The van der Waals surface area contributed by atoms with E-state index in [1.807, 2.05) is 53.9 Å². The molecule has 1 aromatic heterocycles. The van der Waals surface area contributed by atoms with Gasteiger partial charge in [0.25, 0.3) is 0 Å². The van der Waals surface area contributed by atoms with Crippen LogP contribution in [0.2, 0.25) is 0 Å². The molecule has 1 aliphatic rings. The lowest BCUT2D eigenvalue weighted by atomic mass is 10.1. The molecule has 1 aliphatic heterocycles. The van der Waals surface area contributed by atoms with Crippen molar-refractivity contribution < 1.29 is 19.0 Å². The Kier molecular flexibility index (Phi) is 5.44. The zero-order chi connectivity index (χ0) is 20.2. The van der Waals surface area contributed by atoms with Crippen molar-refractivity contribution in [2.24, 2.45) is 4.99 Å². The lowest BCUT2D eigenvalue weighted by Gasteiger charge is -2.12. The molecule has 0 fully saturated rings. The minimum atomic E-state index is -0.466. The van der Waals surface area contributed by atoms with E-state index < -0.39 is 5.97 Å². The van der Waals surface area contributed by atoms with Gasteiger partial charge in [-0.1, -0.05) is 36.4 Å². The molecule has 2 aromatic carbocycles. The second-order valence-electron chi connectivity index (χ2n) is 6.44. The van der Waals surface area contributed by atoms with Crippen LogP contribution in [0.25, 0.3) is 6.08 Å². The topological polar surface area (TPSA) is 57.1 Å². The molecule has 29 heavy (non-hydrogen) atoms. The van der Waals surface area contributed by atoms with Crippen LogP contribution < -0.4 is 9.47 Å². The number of aliphatic imine (C=N–C) groups is 1. The van der Waals surface area contributed by atoms with Gasteiger partial charge < -0.3 is 14.2 Å². The second-order valence-corrected chi connectivity index (χ2v) is 7.39. The third-order valence-electron chi connectivity index (χ3n) is 4.49. The van der Waals surface area contributed by atoms with Crippen molar-refractivity contribution in [3.8, 4) is 11.5 Å². The molecule has 0 unspecified atom stereocenters. The van der Waals surface area contributed by atoms with Gasteiger partial charge in [0.2, 0.25) is 5.90 Å². The highest BCUT2D eigenvalue weighted by Crippen LogP contribution is 2.31. The highest BCUT2D eigenvalue weighted by molar-refractivity contribution is 7.12. The Labute approximate surface area is 172 Å². The van der Waals surface area contributed by atoms with Gasteiger partial charge in [-0.05, 0) is 53.3 Å². The summed E-state index contributed by atoms with van der Waals surface area (Å²) in [6, 6.07) is 17.3. The van der Waals surface area contributed by atoms with Crippen molar-refractivity contribution >= 4 is 29.3 Å². The number of carbonyl (C=O) groups excluding carboxylic acids is 1. The summed E-state index contributed by atoms with van der Waals surface area (Å²) in [6.07, 6.45) is 1.68. The predicted octanol–water partition coefficient (Wildman–Crippen LogP) is 4.99. The molecular formula is C23H19NO4S. The van der Waals surface area contributed by atoms with Crippen LogP contribution >= 0.6 is 11.3 Å². The number of ether oxygens (including phenoxy) is 3. The number of thiophene rings is 1. The largest absolute Gasteiger partial charge is 0.493 e. The molecule has 0 saturated carbocycles. The van der Waals surface area contributed by atoms with Gasteiger partial charge in [0.05, 0.1) is 12.0 Å². The average Bonchev–Trinajstić information content (AvgIpc) is 3.38. The fraction of sp³-hybridized carbons (Fsp3) is 0.130. The maximum Gasteiger partial charge on any atom is 0.363 e. The molecular weight excluding hydrogens is 386 g/mol. The number of rotatable bonds is 6. The number of esters is 1. The van der Waals surface area contributed by atoms with Crippen molar-refractivity contribution in [2.75, 3.05) is 7.11 Å². The van der Waals surface area contributed by atoms with Gasteiger partial charge in [0.1, 0.15) is 6.61 Å². The first kappa shape index (κ1) is 19.0. The Bertz CT molecular complexity index is 1100. The highest BCUT2D eigenvalue weighted by atomic mass is 32.1. The summed E-state index contributed by atoms with van der Waals surface area (Å²) in [5.74, 6) is 1.09. The Morgan fingerprint density at radius 1 is 1.10 bits per heavy atom. The first-order valence-corrected chi connectivity index (χ1v) is 9.94. The SMILES string of the molecule is COc1cc(C=C2N=C(c3cccs3)OC2=O)ccc1OCc1ccccc1C. The molecule has 0 saturated heterocycles. The Hall–Kier alpha value is -3.38. The van der Waals surface area contributed by atoms with E-state index in [1.165, 1.54) is 16.9 Å². The van der Waals surface area contributed by atoms with Gasteiger partial charge in [0.15, 0.2) is 17.2 Å². The van der Waals surface area contributed by atoms with Crippen LogP contribution in [-0.4, -0.2) is 19.0 Å². The zero-order valence-corrected chi connectivity index (χ0v) is 16.9. The number of benzene rings is 2. The normalized spacial score (nSPS) is 14.6.